The minimum atomic E-state index is -4.53. The molecule has 2 aliphatic rings. The molecule has 0 unspecified atom stereocenters. The zero-order valence-corrected chi connectivity index (χ0v) is 23.2. The van der Waals surface area contributed by atoms with E-state index in [0.717, 1.165) is 17.7 Å². The number of benzene rings is 2. The van der Waals surface area contributed by atoms with Gasteiger partial charge in [0, 0.05) is 19.5 Å². The lowest BCUT2D eigenvalue weighted by Crippen LogP contribution is -2.71. The Balaban J connectivity index is 1.56. The van der Waals surface area contributed by atoms with E-state index in [0.29, 0.717) is 37.1 Å². The highest BCUT2D eigenvalue weighted by Crippen LogP contribution is 2.32. The number of carbonyl (C=O) groups excluding carboxylic acids is 3. The minimum Gasteiger partial charge on any atom is -0.497 e. The van der Waals surface area contributed by atoms with Crippen LogP contribution in [0.5, 0.6) is 5.75 Å². The highest BCUT2D eigenvalue weighted by Gasteiger charge is 2.48. The Kier molecular flexibility index (Phi) is 9.42. The zero-order chi connectivity index (χ0) is 29.7. The van der Waals surface area contributed by atoms with E-state index in [2.05, 4.69) is 0 Å². The third kappa shape index (κ3) is 7.10. The Morgan fingerprint density at radius 1 is 1.10 bits per heavy atom. The quantitative estimate of drug-likeness (QED) is 0.452. The van der Waals surface area contributed by atoms with Gasteiger partial charge in [0.1, 0.15) is 24.6 Å². The summed E-state index contributed by atoms with van der Waals surface area (Å²) in [6, 6.07) is 10.0. The Bertz CT molecular complexity index is 1270. The van der Waals surface area contributed by atoms with Gasteiger partial charge in [-0.1, -0.05) is 23.8 Å². The van der Waals surface area contributed by atoms with Gasteiger partial charge in [-0.3, -0.25) is 14.5 Å². The summed E-state index contributed by atoms with van der Waals surface area (Å²) >= 11 is 0. The van der Waals surface area contributed by atoms with Crippen LogP contribution in [0, 0.1) is 6.92 Å². The summed E-state index contributed by atoms with van der Waals surface area (Å²) in [6.07, 6.45) is -4.38. The number of methoxy groups -OCH3 is 1. The van der Waals surface area contributed by atoms with Crippen molar-refractivity contribution >= 4 is 17.9 Å². The molecule has 222 valence electrons. The summed E-state index contributed by atoms with van der Waals surface area (Å²) in [6.45, 7) is 1.99. The van der Waals surface area contributed by atoms with Crippen LogP contribution in [0.2, 0.25) is 0 Å². The summed E-state index contributed by atoms with van der Waals surface area (Å²) in [5, 5.41) is 0. The average Bonchev–Trinajstić information content (AvgIpc) is 2.93. The molecule has 0 radical (unpaired) electrons. The first-order valence-corrected chi connectivity index (χ1v) is 13.6. The smallest absolute Gasteiger partial charge is 0.416 e. The molecule has 2 aliphatic heterocycles. The minimum absolute atomic E-state index is 0.00478. The number of carbonyl (C=O) groups is 3. The van der Waals surface area contributed by atoms with E-state index < -0.39 is 30.0 Å². The molecule has 0 bridgehead atoms. The topological polar surface area (TPSA) is 105 Å². The van der Waals surface area contributed by atoms with Crippen LogP contribution in [0.25, 0.3) is 0 Å². The number of piperazine rings is 1. The van der Waals surface area contributed by atoms with Crippen LogP contribution in [0.3, 0.4) is 0 Å². The van der Waals surface area contributed by atoms with Crippen LogP contribution in [0.1, 0.15) is 47.9 Å². The summed E-state index contributed by atoms with van der Waals surface area (Å²) in [5.41, 5.74) is 6.25. The Morgan fingerprint density at radius 2 is 1.88 bits per heavy atom. The molecule has 4 rings (SSSR count). The third-order valence-electron chi connectivity index (χ3n) is 7.35. The third-order valence-corrected chi connectivity index (χ3v) is 7.35. The summed E-state index contributed by atoms with van der Waals surface area (Å²) in [4.78, 5) is 44.6. The number of halogens is 3. The van der Waals surface area contributed by atoms with Crippen LogP contribution in [-0.2, 0) is 33.7 Å². The van der Waals surface area contributed by atoms with E-state index in [-0.39, 0.29) is 50.0 Å². The second-order valence-corrected chi connectivity index (χ2v) is 10.4. The van der Waals surface area contributed by atoms with Crippen molar-refractivity contribution in [2.75, 3.05) is 26.7 Å². The molecule has 2 heterocycles. The van der Waals surface area contributed by atoms with Crippen LogP contribution in [-0.4, -0.2) is 71.6 Å². The highest BCUT2D eigenvalue weighted by atomic mass is 19.4. The number of rotatable bonds is 9. The lowest BCUT2D eigenvalue weighted by molar-refractivity contribution is -0.169. The predicted octanol–water partition coefficient (Wildman–Crippen LogP) is 4.06. The first kappa shape index (κ1) is 30.2. The van der Waals surface area contributed by atoms with E-state index in [1.165, 1.54) is 22.8 Å². The number of hydrogen-bond donors (Lipinski definition) is 1. The van der Waals surface area contributed by atoms with E-state index in [9.17, 15) is 27.6 Å². The number of hydrogen-bond acceptors (Lipinski definition) is 6. The first-order valence-electron chi connectivity index (χ1n) is 13.6. The molecule has 0 saturated carbocycles. The fraction of sp³-hybridized carbons (Fsp3) is 0.483. The van der Waals surface area contributed by atoms with Crippen LogP contribution < -0.4 is 10.5 Å². The summed E-state index contributed by atoms with van der Waals surface area (Å²) in [5.74, 6) is 0.180. The zero-order valence-electron chi connectivity index (χ0n) is 23.2. The monoisotopic (exact) mass is 576 g/mol. The fourth-order valence-corrected chi connectivity index (χ4v) is 5.42. The molecular weight excluding hydrogens is 541 g/mol. The SMILES string of the molecule is COc1cccc(CN2C[C@@H]3N(C(=O)OCc4cc(C)cc(C(F)(F)F)c4)CCC(=O)N3[C@@H](CCCCN)C2=O)c1. The number of amides is 3. The number of aryl methyl sites for hydroxylation is 1. The molecule has 12 heteroatoms. The molecule has 0 spiro atoms. The molecule has 9 nitrogen and oxygen atoms in total. The number of ether oxygens (including phenoxy) is 2. The lowest BCUT2D eigenvalue weighted by atomic mass is 9.98. The standard InChI is InChI=1S/C29H35F3N4O5/c1-19-12-21(14-22(13-19)29(30,31)32)18-41-28(39)35-11-9-26(37)36-24(8-3-4-10-33)27(38)34(17-25(35)36)16-20-6-5-7-23(15-20)40-2/h5-7,12-15,24-25H,3-4,8-11,16-18,33H2,1-2H3/t24-,25+/m0/s1. The van der Waals surface area contributed by atoms with Gasteiger partial charge in [0.05, 0.1) is 19.2 Å². The number of nitrogens with two attached hydrogens (primary N) is 1. The maximum absolute atomic E-state index is 13.7. The molecule has 41 heavy (non-hydrogen) atoms. The van der Waals surface area contributed by atoms with Crippen molar-refractivity contribution in [3.63, 3.8) is 0 Å². The predicted molar refractivity (Wildman–Crippen MR) is 143 cm³/mol. The number of fused-ring (bicyclic) bond motifs is 1. The van der Waals surface area contributed by atoms with Gasteiger partial charge in [-0.15, -0.1) is 0 Å². The van der Waals surface area contributed by atoms with Crippen molar-refractivity contribution < 1.29 is 37.0 Å². The molecule has 2 fully saturated rings. The summed E-state index contributed by atoms with van der Waals surface area (Å²) in [7, 11) is 1.55. The lowest BCUT2D eigenvalue weighted by Gasteiger charge is -2.52. The molecular formula is C29H35F3N4O5. The Morgan fingerprint density at radius 3 is 2.59 bits per heavy atom. The van der Waals surface area contributed by atoms with Gasteiger partial charge in [0.2, 0.25) is 11.8 Å². The van der Waals surface area contributed by atoms with Gasteiger partial charge in [-0.25, -0.2) is 4.79 Å². The maximum Gasteiger partial charge on any atom is 0.416 e. The highest BCUT2D eigenvalue weighted by molar-refractivity contribution is 5.90. The van der Waals surface area contributed by atoms with E-state index >= 15 is 0 Å². The number of unbranched alkanes of at least 4 members (excludes halogenated alkanes) is 1. The van der Waals surface area contributed by atoms with E-state index in [4.69, 9.17) is 15.2 Å². The molecule has 3 amide bonds. The molecule has 0 aliphatic carbocycles. The largest absolute Gasteiger partial charge is 0.497 e. The molecule has 2 aromatic rings. The first-order chi connectivity index (χ1) is 19.5. The number of alkyl halides is 3. The molecule has 0 aromatic heterocycles. The van der Waals surface area contributed by atoms with Gasteiger partial charge in [-0.2, -0.15) is 13.2 Å². The van der Waals surface area contributed by atoms with Gasteiger partial charge >= 0.3 is 12.3 Å². The van der Waals surface area contributed by atoms with Gasteiger partial charge in [0.25, 0.3) is 0 Å². The molecule has 2 saturated heterocycles. The molecule has 2 N–H and O–H groups in total. The normalized spacial score (nSPS) is 19.3. The van der Waals surface area contributed by atoms with Crippen molar-refractivity contribution in [1.82, 2.24) is 14.7 Å². The van der Waals surface area contributed by atoms with Crippen LogP contribution in [0.4, 0.5) is 18.0 Å². The van der Waals surface area contributed by atoms with E-state index in [1.54, 1.807) is 18.1 Å². The second kappa shape index (κ2) is 12.8. The number of nitrogens with zero attached hydrogens (tertiary/aromatic N) is 3. The van der Waals surface area contributed by atoms with E-state index in [1.807, 2.05) is 18.2 Å². The second-order valence-electron chi connectivity index (χ2n) is 10.4. The summed E-state index contributed by atoms with van der Waals surface area (Å²) < 4.78 is 50.6. The van der Waals surface area contributed by atoms with Crippen molar-refractivity contribution in [2.45, 2.75) is 64.1 Å². The van der Waals surface area contributed by atoms with Crippen LogP contribution in [0.15, 0.2) is 42.5 Å². The molecule has 2 aromatic carbocycles. The average molecular weight is 577 g/mol. The van der Waals surface area contributed by atoms with Gasteiger partial charge in [0.15, 0.2) is 0 Å². The Labute approximate surface area is 237 Å². The van der Waals surface area contributed by atoms with Crippen molar-refractivity contribution in [3.8, 4) is 5.75 Å². The van der Waals surface area contributed by atoms with Crippen molar-refractivity contribution in [2.24, 2.45) is 5.73 Å². The Hall–Kier alpha value is -3.80. The molecule has 2 atom stereocenters. The van der Waals surface area contributed by atoms with Crippen molar-refractivity contribution in [1.29, 1.82) is 0 Å². The van der Waals surface area contributed by atoms with Crippen LogP contribution >= 0.6 is 0 Å². The maximum atomic E-state index is 13.7. The van der Waals surface area contributed by atoms with Gasteiger partial charge in [-0.05, 0) is 68.1 Å². The van der Waals surface area contributed by atoms with Gasteiger partial charge < -0.3 is 25.0 Å². The fourth-order valence-electron chi connectivity index (χ4n) is 5.42. The van der Waals surface area contributed by atoms with Crippen molar-refractivity contribution in [3.05, 3.63) is 64.7 Å².